The van der Waals surface area contributed by atoms with Crippen LogP contribution in [-0.4, -0.2) is 16.9 Å². The van der Waals surface area contributed by atoms with Crippen LogP contribution in [0, 0.1) is 0 Å². The fourth-order valence-corrected chi connectivity index (χ4v) is 2.85. The first-order chi connectivity index (χ1) is 9.76. The number of hydrogen-bond acceptors (Lipinski definition) is 2. The molecule has 0 radical (unpaired) electrons. The molecular weight excluding hydrogens is 316 g/mol. The second-order valence-electron chi connectivity index (χ2n) is 4.80. The highest BCUT2D eigenvalue weighted by Gasteiger charge is 2.14. The minimum atomic E-state index is 0.360. The van der Waals surface area contributed by atoms with Crippen molar-refractivity contribution in [3.05, 3.63) is 47.8 Å². The zero-order chi connectivity index (χ0) is 14.4. The molecule has 0 spiro atoms. The maximum atomic E-state index is 5.41. The molecule has 0 aliphatic carbocycles. The molecule has 1 aromatic carbocycles. The van der Waals surface area contributed by atoms with Crippen LogP contribution in [0.15, 0.2) is 36.5 Å². The molecule has 0 N–H and O–H groups in total. The van der Waals surface area contributed by atoms with E-state index in [1.54, 1.807) is 7.11 Å². The van der Waals surface area contributed by atoms with Gasteiger partial charge in [0.1, 0.15) is 0 Å². The molecule has 0 aliphatic rings. The van der Waals surface area contributed by atoms with Crippen molar-refractivity contribution in [2.24, 2.45) is 0 Å². The van der Waals surface area contributed by atoms with E-state index in [2.05, 4.69) is 56.9 Å². The van der Waals surface area contributed by atoms with Gasteiger partial charge in [0.25, 0.3) is 0 Å². The van der Waals surface area contributed by atoms with Gasteiger partial charge in [-0.2, -0.15) is 5.10 Å². The lowest BCUT2D eigenvalue weighted by Gasteiger charge is -2.12. The standard InChI is InChI=1S/C16H21BrN2O/c1-3-11-19-15(16(20-2)12-18-19)10-9-14(17)13-7-5-4-6-8-13/h4-8,12,14H,3,9-11H2,1-2H3. The minimum absolute atomic E-state index is 0.360. The third kappa shape index (κ3) is 3.63. The molecule has 4 heteroatoms. The monoisotopic (exact) mass is 336 g/mol. The van der Waals surface area contributed by atoms with Crippen LogP contribution >= 0.6 is 15.9 Å². The maximum Gasteiger partial charge on any atom is 0.159 e. The van der Waals surface area contributed by atoms with E-state index in [4.69, 9.17) is 4.74 Å². The Morgan fingerprint density at radius 3 is 2.70 bits per heavy atom. The topological polar surface area (TPSA) is 27.1 Å². The van der Waals surface area contributed by atoms with Crippen molar-refractivity contribution < 1.29 is 4.74 Å². The van der Waals surface area contributed by atoms with Crippen molar-refractivity contribution in [1.29, 1.82) is 0 Å². The zero-order valence-corrected chi connectivity index (χ0v) is 13.6. The largest absolute Gasteiger partial charge is 0.493 e. The van der Waals surface area contributed by atoms with Gasteiger partial charge in [0, 0.05) is 11.4 Å². The molecular formula is C16H21BrN2O. The third-order valence-corrected chi connectivity index (χ3v) is 4.35. The first-order valence-corrected chi connectivity index (χ1v) is 7.95. The van der Waals surface area contributed by atoms with E-state index in [-0.39, 0.29) is 0 Å². The molecule has 0 aliphatic heterocycles. The minimum Gasteiger partial charge on any atom is -0.493 e. The molecule has 3 nitrogen and oxygen atoms in total. The summed E-state index contributed by atoms with van der Waals surface area (Å²) in [6, 6.07) is 10.5. The molecule has 1 heterocycles. The summed E-state index contributed by atoms with van der Waals surface area (Å²) >= 11 is 3.77. The molecule has 0 saturated heterocycles. The Morgan fingerprint density at radius 1 is 1.30 bits per heavy atom. The summed E-state index contributed by atoms with van der Waals surface area (Å²) in [5, 5.41) is 4.40. The molecule has 1 atom stereocenters. The molecule has 0 fully saturated rings. The van der Waals surface area contributed by atoms with Gasteiger partial charge >= 0.3 is 0 Å². The van der Waals surface area contributed by atoms with Crippen molar-refractivity contribution in [3.8, 4) is 5.75 Å². The highest BCUT2D eigenvalue weighted by atomic mass is 79.9. The van der Waals surface area contributed by atoms with Gasteiger partial charge in [0.2, 0.25) is 0 Å². The van der Waals surface area contributed by atoms with E-state index in [0.29, 0.717) is 4.83 Å². The van der Waals surface area contributed by atoms with Gasteiger partial charge in [-0.15, -0.1) is 0 Å². The third-order valence-electron chi connectivity index (χ3n) is 3.36. The van der Waals surface area contributed by atoms with E-state index in [1.165, 1.54) is 11.3 Å². The Bertz CT molecular complexity index is 525. The Hall–Kier alpha value is -1.29. The summed E-state index contributed by atoms with van der Waals surface area (Å²) < 4.78 is 7.47. The molecule has 1 aromatic heterocycles. The van der Waals surface area contributed by atoms with Crippen molar-refractivity contribution in [3.63, 3.8) is 0 Å². The normalized spacial score (nSPS) is 12.3. The number of ether oxygens (including phenoxy) is 1. The van der Waals surface area contributed by atoms with Gasteiger partial charge < -0.3 is 4.74 Å². The summed E-state index contributed by atoms with van der Waals surface area (Å²) in [7, 11) is 1.71. The van der Waals surface area contributed by atoms with Crippen LogP contribution in [0.1, 0.15) is 35.8 Å². The molecule has 20 heavy (non-hydrogen) atoms. The average Bonchev–Trinajstić information content (AvgIpc) is 2.88. The predicted octanol–water partition coefficient (Wildman–Crippen LogP) is 4.37. The summed E-state index contributed by atoms with van der Waals surface area (Å²) in [6.45, 7) is 3.10. The van der Waals surface area contributed by atoms with Gasteiger partial charge in [-0.05, 0) is 24.8 Å². The van der Waals surface area contributed by atoms with Gasteiger partial charge in [-0.1, -0.05) is 53.2 Å². The number of nitrogens with zero attached hydrogens (tertiary/aromatic N) is 2. The number of hydrogen-bond donors (Lipinski definition) is 0. The van der Waals surface area contributed by atoms with Crippen LogP contribution in [0.5, 0.6) is 5.75 Å². The molecule has 2 rings (SSSR count). The molecule has 0 saturated carbocycles. The van der Waals surface area contributed by atoms with Crippen molar-refractivity contribution in [1.82, 2.24) is 9.78 Å². The van der Waals surface area contributed by atoms with Gasteiger partial charge in [0.15, 0.2) is 5.75 Å². The zero-order valence-electron chi connectivity index (χ0n) is 12.1. The number of alkyl halides is 1. The Labute approximate surface area is 129 Å². The smallest absolute Gasteiger partial charge is 0.159 e. The molecule has 0 amide bonds. The highest BCUT2D eigenvalue weighted by molar-refractivity contribution is 9.09. The lowest BCUT2D eigenvalue weighted by molar-refractivity contribution is 0.405. The number of aryl methyl sites for hydroxylation is 1. The second kappa shape index (κ2) is 7.48. The molecule has 0 bridgehead atoms. The second-order valence-corrected chi connectivity index (χ2v) is 5.90. The summed E-state index contributed by atoms with van der Waals surface area (Å²) in [5.41, 5.74) is 2.50. The molecule has 108 valence electrons. The van der Waals surface area contributed by atoms with Gasteiger partial charge in [-0.25, -0.2) is 0 Å². The fourth-order valence-electron chi connectivity index (χ4n) is 2.31. The van der Waals surface area contributed by atoms with Crippen LogP contribution in [0.25, 0.3) is 0 Å². The molecule has 2 aromatic rings. The van der Waals surface area contributed by atoms with Crippen LogP contribution in [0.3, 0.4) is 0 Å². The first kappa shape index (κ1) is 15.1. The predicted molar refractivity (Wildman–Crippen MR) is 85.5 cm³/mol. The lowest BCUT2D eigenvalue weighted by atomic mass is 10.1. The van der Waals surface area contributed by atoms with Crippen molar-refractivity contribution >= 4 is 15.9 Å². The quantitative estimate of drug-likeness (QED) is 0.702. The molecule has 1 unspecified atom stereocenters. The van der Waals surface area contributed by atoms with E-state index >= 15 is 0 Å². The Kier molecular flexibility index (Phi) is 5.65. The van der Waals surface area contributed by atoms with Crippen molar-refractivity contribution in [2.75, 3.05) is 7.11 Å². The number of benzene rings is 1. The van der Waals surface area contributed by atoms with Gasteiger partial charge in [0.05, 0.1) is 19.0 Å². The number of halogens is 1. The summed E-state index contributed by atoms with van der Waals surface area (Å²) in [5.74, 6) is 0.895. The van der Waals surface area contributed by atoms with E-state index in [1.807, 2.05) is 12.3 Å². The SMILES string of the molecule is CCCn1ncc(OC)c1CCC(Br)c1ccccc1. The van der Waals surface area contributed by atoms with E-state index < -0.39 is 0 Å². The van der Waals surface area contributed by atoms with Crippen LogP contribution in [0.2, 0.25) is 0 Å². The van der Waals surface area contributed by atoms with E-state index in [0.717, 1.165) is 31.6 Å². The van der Waals surface area contributed by atoms with Gasteiger partial charge in [-0.3, -0.25) is 4.68 Å². The number of rotatable bonds is 7. The Morgan fingerprint density at radius 2 is 2.05 bits per heavy atom. The highest BCUT2D eigenvalue weighted by Crippen LogP contribution is 2.29. The number of methoxy groups -OCH3 is 1. The maximum absolute atomic E-state index is 5.41. The Balaban J connectivity index is 2.04. The lowest BCUT2D eigenvalue weighted by Crippen LogP contribution is -2.06. The van der Waals surface area contributed by atoms with Crippen LogP contribution in [-0.2, 0) is 13.0 Å². The first-order valence-electron chi connectivity index (χ1n) is 7.04. The van der Waals surface area contributed by atoms with Crippen LogP contribution in [0.4, 0.5) is 0 Å². The number of aromatic nitrogens is 2. The van der Waals surface area contributed by atoms with E-state index in [9.17, 15) is 0 Å². The summed E-state index contributed by atoms with van der Waals surface area (Å²) in [4.78, 5) is 0.360. The van der Waals surface area contributed by atoms with Crippen LogP contribution < -0.4 is 4.74 Å². The average molecular weight is 337 g/mol. The summed E-state index contributed by atoms with van der Waals surface area (Å²) in [6.07, 6.45) is 4.87. The fraction of sp³-hybridized carbons (Fsp3) is 0.438. The van der Waals surface area contributed by atoms with Crippen molar-refractivity contribution in [2.45, 2.75) is 37.6 Å².